The molecule has 4 aromatic carbocycles. The SMILES string of the molecule is [B]c1ccc2c(ccc3c4ccc([B])cc4n(-c4ccccc4)c23)c1. The van der Waals surface area contributed by atoms with Crippen molar-refractivity contribution in [3.05, 3.63) is 78.9 Å². The molecule has 112 valence electrons. The molecule has 25 heavy (non-hydrogen) atoms. The quantitative estimate of drug-likeness (QED) is 0.417. The lowest BCUT2D eigenvalue weighted by Crippen LogP contribution is -2.02. The molecule has 4 radical (unpaired) electrons. The Morgan fingerprint density at radius 2 is 1.28 bits per heavy atom. The summed E-state index contributed by atoms with van der Waals surface area (Å²) in [7, 11) is 12.1. The molecule has 0 unspecified atom stereocenters. The van der Waals surface area contributed by atoms with Crippen LogP contribution in [0.4, 0.5) is 0 Å². The number of fused-ring (bicyclic) bond motifs is 5. The normalized spacial score (nSPS) is 11.5. The fourth-order valence-electron chi connectivity index (χ4n) is 3.72. The Kier molecular flexibility index (Phi) is 3.05. The molecular weight excluding hydrogens is 300 g/mol. The average molecular weight is 313 g/mol. The van der Waals surface area contributed by atoms with E-state index < -0.39 is 0 Å². The molecular formula is C22H13B2N. The molecule has 0 bridgehead atoms. The molecule has 5 rings (SSSR count). The minimum absolute atomic E-state index is 0.765. The number of hydrogen-bond acceptors (Lipinski definition) is 0. The second-order valence-electron chi connectivity index (χ2n) is 6.39. The van der Waals surface area contributed by atoms with Crippen molar-refractivity contribution in [2.75, 3.05) is 0 Å². The van der Waals surface area contributed by atoms with E-state index in [0.717, 1.165) is 27.5 Å². The summed E-state index contributed by atoms with van der Waals surface area (Å²) in [6, 6.07) is 26.9. The number of benzene rings is 4. The van der Waals surface area contributed by atoms with Crippen LogP contribution in [0.1, 0.15) is 0 Å². The smallest absolute Gasteiger partial charge is 0.113 e. The van der Waals surface area contributed by atoms with Gasteiger partial charge in [0.25, 0.3) is 0 Å². The Morgan fingerprint density at radius 3 is 2.08 bits per heavy atom. The first kappa shape index (κ1) is 14.4. The van der Waals surface area contributed by atoms with Gasteiger partial charge in [-0.05, 0) is 23.6 Å². The number of aromatic nitrogens is 1. The minimum atomic E-state index is 0.765. The van der Waals surface area contributed by atoms with Crippen LogP contribution in [-0.4, -0.2) is 20.3 Å². The average Bonchev–Trinajstić information content (AvgIpc) is 2.95. The summed E-state index contributed by atoms with van der Waals surface area (Å²) in [6.07, 6.45) is 0. The van der Waals surface area contributed by atoms with Gasteiger partial charge in [-0.25, -0.2) is 0 Å². The summed E-state index contributed by atoms with van der Waals surface area (Å²) < 4.78 is 2.29. The van der Waals surface area contributed by atoms with E-state index in [0.29, 0.717) is 0 Å². The van der Waals surface area contributed by atoms with E-state index in [1.165, 1.54) is 21.7 Å². The molecule has 0 saturated heterocycles. The zero-order valence-electron chi connectivity index (χ0n) is 13.6. The van der Waals surface area contributed by atoms with Crippen molar-refractivity contribution in [3.63, 3.8) is 0 Å². The van der Waals surface area contributed by atoms with Crippen LogP contribution in [0.2, 0.25) is 0 Å². The molecule has 1 heterocycles. The Bertz CT molecular complexity index is 1250. The van der Waals surface area contributed by atoms with Gasteiger partial charge in [-0.1, -0.05) is 71.6 Å². The standard InChI is InChI=1S/C22H13B2N/c23-15-7-10-18-14(12-15)6-9-20-19-11-8-16(24)13-21(19)25(22(18)20)17-4-2-1-3-5-17/h1-13H. The van der Waals surface area contributed by atoms with Crippen molar-refractivity contribution < 1.29 is 0 Å². The van der Waals surface area contributed by atoms with Gasteiger partial charge in [0.15, 0.2) is 0 Å². The van der Waals surface area contributed by atoms with Gasteiger partial charge in [-0.3, -0.25) is 0 Å². The third-order valence-corrected chi connectivity index (χ3v) is 4.81. The molecule has 0 aliphatic carbocycles. The van der Waals surface area contributed by atoms with Crippen LogP contribution in [0.15, 0.2) is 78.9 Å². The molecule has 0 aliphatic rings. The van der Waals surface area contributed by atoms with Crippen molar-refractivity contribution in [1.82, 2.24) is 4.57 Å². The molecule has 0 atom stereocenters. The monoisotopic (exact) mass is 313 g/mol. The van der Waals surface area contributed by atoms with Crippen LogP contribution >= 0.6 is 0 Å². The van der Waals surface area contributed by atoms with Gasteiger partial charge < -0.3 is 4.57 Å². The van der Waals surface area contributed by atoms with Crippen molar-refractivity contribution in [3.8, 4) is 5.69 Å². The Hall–Kier alpha value is -2.93. The summed E-state index contributed by atoms with van der Waals surface area (Å²) in [5.41, 5.74) is 4.96. The Morgan fingerprint density at radius 1 is 0.600 bits per heavy atom. The van der Waals surface area contributed by atoms with Gasteiger partial charge in [0, 0.05) is 21.8 Å². The lowest BCUT2D eigenvalue weighted by atomic mass is 9.92. The van der Waals surface area contributed by atoms with Crippen molar-refractivity contribution in [1.29, 1.82) is 0 Å². The highest BCUT2D eigenvalue weighted by Crippen LogP contribution is 2.35. The predicted octanol–water partition coefficient (Wildman–Crippen LogP) is 3.52. The number of hydrogen-bond donors (Lipinski definition) is 0. The van der Waals surface area contributed by atoms with E-state index in [2.05, 4.69) is 53.1 Å². The van der Waals surface area contributed by atoms with Crippen LogP contribution in [-0.2, 0) is 0 Å². The summed E-state index contributed by atoms with van der Waals surface area (Å²) in [6.45, 7) is 0. The molecule has 0 spiro atoms. The van der Waals surface area contributed by atoms with Gasteiger partial charge in [0.2, 0.25) is 0 Å². The van der Waals surface area contributed by atoms with Gasteiger partial charge in [-0.2, -0.15) is 0 Å². The fraction of sp³-hybridized carbons (Fsp3) is 0. The number of nitrogens with zero attached hydrogens (tertiary/aromatic N) is 1. The molecule has 1 aromatic heterocycles. The van der Waals surface area contributed by atoms with E-state index in [9.17, 15) is 0 Å². The highest BCUT2D eigenvalue weighted by molar-refractivity contribution is 6.35. The van der Waals surface area contributed by atoms with Crippen molar-refractivity contribution in [2.45, 2.75) is 0 Å². The maximum atomic E-state index is 6.10. The lowest BCUT2D eigenvalue weighted by molar-refractivity contribution is 1.19. The van der Waals surface area contributed by atoms with E-state index in [4.69, 9.17) is 15.7 Å². The van der Waals surface area contributed by atoms with Crippen LogP contribution < -0.4 is 10.9 Å². The Balaban J connectivity index is 2.07. The zero-order chi connectivity index (χ0) is 17.0. The predicted molar refractivity (Wildman–Crippen MR) is 109 cm³/mol. The molecule has 1 nitrogen and oxygen atoms in total. The molecule has 0 N–H and O–H groups in total. The van der Waals surface area contributed by atoms with E-state index in [1.54, 1.807) is 0 Å². The van der Waals surface area contributed by atoms with Gasteiger partial charge in [0.05, 0.1) is 11.0 Å². The first-order chi connectivity index (χ1) is 12.2. The molecule has 0 saturated carbocycles. The summed E-state index contributed by atoms with van der Waals surface area (Å²) in [4.78, 5) is 0. The molecule has 5 aromatic rings. The summed E-state index contributed by atoms with van der Waals surface area (Å²) >= 11 is 0. The maximum Gasteiger partial charge on any atom is 0.113 e. The van der Waals surface area contributed by atoms with Crippen LogP contribution in [0.5, 0.6) is 0 Å². The fourth-order valence-corrected chi connectivity index (χ4v) is 3.72. The summed E-state index contributed by atoms with van der Waals surface area (Å²) in [5, 5.41) is 4.74. The third-order valence-electron chi connectivity index (χ3n) is 4.81. The van der Waals surface area contributed by atoms with Crippen molar-refractivity contribution >= 4 is 59.2 Å². The summed E-state index contributed by atoms with van der Waals surface area (Å²) in [5.74, 6) is 0. The van der Waals surface area contributed by atoms with Crippen LogP contribution in [0, 0.1) is 0 Å². The minimum Gasteiger partial charge on any atom is -0.309 e. The Labute approximate surface area is 148 Å². The van der Waals surface area contributed by atoms with Crippen LogP contribution in [0.25, 0.3) is 38.3 Å². The molecule has 3 heteroatoms. The maximum absolute atomic E-state index is 6.10. The third kappa shape index (κ3) is 2.12. The molecule has 0 fully saturated rings. The molecule has 0 aliphatic heterocycles. The molecule has 0 amide bonds. The van der Waals surface area contributed by atoms with Crippen molar-refractivity contribution in [2.24, 2.45) is 0 Å². The highest BCUT2D eigenvalue weighted by atomic mass is 15.0. The second-order valence-corrected chi connectivity index (χ2v) is 6.39. The number of para-hydroxylation sites is 1. The van der Waals surface area contributed by atoms with E-state index in [1.807, 2.05) is 30.3 Å². The second kappa shape index (κ2) is 5.29. The van der Waals surface area contributed by atoms with Gasteiger partial charge in [0.1, 0.15) is 15.7 Å². The van der Waals surface area contributed by atoms with Gasteiger partial charge in [-0.15, -0.1) is 0 Å². The number of rotatable bonds is 1. The highest BCUT2D eigenvalue weighted by Gasteiger charge is 2.14. The topological polar surface area (TPSA) is 4.93 Å². The lowest BCUT2D eigenvalue weighted by Gasteiger charge is -2.10. The largest absolute Gasteiger partial charge is 0.309 e. The van der Waals surface area contributed by atoms with Crippen LogP contribution in [0.3, 0.4) is 0 Å². The van der Waals surface area contributed by atoms with E-state index >= 15 is 0 Å². The van der Waals surface area contributed by atoms with E-state index in [-0.39, 0.29) is 0 Å². The zero-order valence-corrected chi connectivity index (χ0v) is 13.6. The first-order valence-corrected chi connectivity index (χ1v) is 8.30. The first-order valence-electron chi connectivity index (χ1n) is 8.30. The van der Waals surface area contributed by atoms with Gasteiger partial charge >= 0.3 is 0 Å².